The lowest BCUT2D eigenvalue weighted by Gasteiger charge is -2.14. The van der Waals surface area contributed by atoms with Crippen molar-refractivity contribution in [2.45, 2.75) is 45.4 Å². The van der Waals surface area contributed by atoms with Crippen molar-refractivity contribution < 1.29 is 14.3 Å². The summed E-state index contributed by atoms with van der Waals surface area (Å²) in [6, 6.07) is 0. The van der Waals surface area contributed by atoms with Crippen LogP contribution in [-0.2, 0) is 14.3 Å². The zero-order valence-electron chi connectivity index (χ0n) is 9.91. The lowest BCUT2D eigenvalue weighted by molar-refractivity contribution is -0.143. The van der Waals surface area contributed by atoms with Crippen LogP contribution in [0.1, 0.15) is 45.4 Å². The van der Waals surface area contributed by atoms with E-state index in [1.165, 1.54) is 0 Å². The van der Waals surface area contributed by atoms with Gasteiger partial charge in [-0.15, -0.1) is 0 Å². The van der Waals surface area contributed by atoms with Crippen molar-refractivity contribution in [3.05, 3.63) is 12.2 Å². The highest BCUT2D eigenvalue weighted by molar-refractivity contribution is 5.90. The van der Waals surface area contributed by atoms with Gasteiger partial charge in [0.15, 0.2) is 5.78 Å². The van der Waals surface area contributed by atoms with Gasteiger partial charge in [0.2, 0.25) is 0 Å². The van der Waals surface area contributed by atoms with Crippen molar-refractivity contribution >= 4 is 11.8 Å². The molecule has 1 rings (SSSR count). The molecule has 0 heterocycles. The van der Waals surface area contributed by atoms with E-state index in [0.717, 1.165) is 25.7 Å². The molecule has 16 heavy (non-hydrogen) atoms. The number of ether oxygens (including phenoxy) is 1. The van der Waals surface area contributed by atoms with Crippen LogP contribution in [0.3, 0.4) is 0 Å². The van der Waals surface area contributed by atoms with Gasteiger partial charge in [-0.1, -0.05) is 12.5 Å². The minimum Gasteiger partial charge on any atom is -0.466 e. The van der Waals surface area contributed by atoms with Crippen LogP contribution in [0.5, 0.6) is 0 Å². The summed E-state index contributed by atoms with van der Waals surface area (Å²) in [5, 5.41) is 0. The number of hydrogen-bond donors (Lipinski definition) is 0. The summed E-state index contributed by atoms with van der Waals surface area (Å²) >= 11 is 0. The molecule has 0 aromatic carbocycles. The highest BCUT2D eigenvalue weighted by Crippen LogP contribution is 2.21. The lowest BCUT2D eigenvalue weighted by Crippen LogP contribution is -2.08. The van der Waals surface area contributed by atoms with Gasteiger partial charge < -0.3 is 4.74 Å². The van der Waals surface area contributed by atoms with E-state index in [1.54, 1.807) is 6.08 Å². The normalized spacial score (nSPS) is 19.8. The van der Waals surface area contributed by atoms with Crippen LogP contribution >= 0.6 is 0 Å². The van der Waals surface area contributed by atoms with Crippen LogP contribution < -0.4 is 0 Å². The topological polar surface area (TPSA) is 43.4 Å². The first-order valence-electron chi connectivity index (χ1n) is 6.09. The van der Waals surface area contributed by atoms with Crippen molar-refractivity contribution in [3.63, 3.8) is 0 Å². The van der Waals surface area contributed by atoms with Crippen LogP contribution in [-0.4, -0.2) is 18.4 Å². The molecule has 0 unspecified atom stereocenters. The largest absolute Gasteiger partial charge is 0.466 e. The molecule has 1 aliphatic rings. The van der Waals surface area contributed by atoms with Gasteiger partial charge in [-0.2, -0.15) is 0 Å². The van der Waals surface area contributed by atoms with Gasteiger partial charge in [0.1, 0.15) is 0 Å². The molecule has 3 heteroatoms. The van der Waals surface area contributed by atoms with Crippen LogP contribution in [0.4, 0.5) is 0 Å². The molecule has 0 aliphatic heterocycles. The van der Waals surface area contributed by atoms with Crippen LogP contribution in [0, 0.1) is 5.92 Å². The van der Waals surface area contributed by atoms with E-state index < -0.39 is 0 Å². The predicted octanol–water partition coefficient (Wildman–Crippen LogP) is 2.65. The first-order valence-corrected chi connectivity index (χ1v) is 6.09. The standard InChI is InChI=1S/C13H20O3/c1-2-16-13(15)6-4-3-5-11-7-9-12(14)10-8-11/h7,9,11H,2-6,8,10H2,1H3/t11-/m0/s1. The molecule has 90 valence electrons. The summed E-state index contributed by atoms with van der Waals surface area (Å²) in [6.45, 7) is 2.29. The second-order valence-corrected chi connectivity index (χ2v) is 4.17. The molecule has 1 atom stereocenters. The monoisotopic (exact) mass is 224 g/mol. The Bertz CT molecular complexity index is 268. The summed E-state index contributed by atoms with van der Waals surface area (Å²) in [7, 11) is 0. The lowest BCUT2D eigenvalue weighted by atomic mass is 9.90. The smallest absolute Gasteiger partial charge is 0.305 e. The zero-order valence-corrected chi connectivity index (χ0v) is 9.91. The number of carbonyl (C=O) groups is 2. The second-order valence-electron chi connectivity index (χ2n) is 4.17. The average Bonchev–Trinajstić information content (AvgIpc) is 2.27. The van der Waals surface area contributed by atoms with E-state index in [0.29, 0.717) is 25.4 Å². The third-order valence-corrected chi connectivity index (χ3v) is 2.83. The second kappa shape index (κ2) is 7.20. The third-order valence-electron chi connectivity index (χ3n) is 2.83. The first kappa shape index (κ1) is 12.9. The highest BCUT2D eigenvalue weighted by Gasteiger charge is 2.12. The molecule has 0 spiro atoms. The van der Waals surface area contributed by atoms with Crippen molar-refractivity contribution in [2.75, 3.05) is 6.61 Å². The fraction of sp³-hybridized carbons (Fsp3) is 0.692. The van der Waals surface area contributed by atoms with E-state index in [4.69, 9.17) is 4.74 Å². The number of hydrogen-bond acceptors (Lipinski definition) is 3. The van der Waals surface area contributed by atoms with Gasteiger partial charge in [0.25, 0.3) is 0 Å². The number of unbranched alkanes of at least 4 members (excludes halogenated alkanes) is 1. The van der Waals surface area contributed by atoms with E-state index >= 15 is 0 Å². The zero-order chi connectivity index (χ0) is 11.8. The maximum atomic E-state index is 11.1. The Morgan fingerprint density at radius 3 is 2.94 bits per heavy atom. The molecular formula is C13H20O3. The molecular weight excluding hydrogens is 204 g/mol. The Hall–Kier alpha value is -1.12. The van der Waals surface area contributed by atoms with E-state index in [1.807, 2.05) is 13.0 Å². The van der Waals surface area contributed by atoms with E-state index in [9.17, 15) is 9.59 Å². The Morgan fingerprint density at radius 2 is 2.31 bits per heavy atom. The molecule has 0 aromatic heterocycles. The van der Waals surface area contributed by atoms with E-state index in [2.05, 4.69) is 0 Å². The predicted molar refractivity (Wildman–Crippen MR) is 62.0 cm³/mol. The average molecular weight is 224 g/mol. The third kappa shape index (κ3) is 5.10. The van der Waals surface area contributed by atoms with Crippen molar-refractivity contribution in [3.8, 4) is 0 Å². The van der Waals surface area contributed by atoms with Crippen LogP contribution in [0.25, 0.3) is 0 Å². The minimum atomic E-state index is -0.100. The minimum absolute atomic E-state index is 0.100. The van der Waals surface area contributed by atoms with Gasteiger partial charge in [-0.25, -0.2) is 0 Å². The number of ketones is 1. The van der Waals surface area contributed by atoms with Crippen LogP contribution in [0.15, 0.2) is 12.2 Å². The van der Waals surface area contributed by atoms with Gasteiger partial charge >= 0.3 is 5.97 Å². The Kier molecular flexibility index (Phi) is 5.83. The molecule has 0 saturated heterocycles. The maximum absolute atomic E-state index is 11.1. The van der Waals surface area contributed by atoms with Gasteiger partial charge in [0.05, 0.1) is 6.61 Å². The summed E-state index contributed by atoms with van der Waals surface area (Å²) in [6.07, 6.45) is 8.86. The van der Waals surface area contributed by atoms with E-state index in [-0.39, 0.29) is 11.8 Å². The summed E-state index contributed by atoms with van der Waals surface area (Å²) in [5.74, 6) is 0.666. The Morgan fingerprint density at radius 1 is 1.50 bits per heavy atom. The molecule has 1 aliphatic carbocycles. The molecule has 0 saturated carbocycles. The Balaban J connectivity index is 2.05. The van der Waals surface area contributed by atoms with Crippen molar-refractivity contribution in [1.29, 1.82) is 0 Å². The first-order chi connectivity index (χ1) is 7.72. The summed E-state index contributed by atoms with van der Waals surface area (Å²) < 4.78 is 4.85. The molecule has 0 N–H and O–H groups in total. The fourth-order valence-electron chi connectivity index (χ4n) is 1.90. The number of allylic oxidation sites excluding steroid dienone is 2. The summed E-state index contributed by atoms with van der Waals surface area (Å²) in [4.78, 5) is 22.0. The molecule has 0 fully saturated rings. The van der Waals surface area contributed by atoms with Gasteiger partial charge in [0, 0.05) is 12.8 Å². The van der Waals surface area contributed by atoms with Crippen LogP contribution in [0.2, 0.25) is 0 Å². The quantitative estimate of drug-likeness (QED) is 0.514. The van der Waals surface area contributed by atoms with Gasteiger partial charge in [-0.05, 0) is 38.2 Å². The molecule has 0 radical (unpaired) electrons. The van der Waals surface area contributed by atoms with Gasteiger partial charge in [-0.3, -0.25) is 9.59 Å². The number of esters is 1. The van der Waals surface area contributed by atoms with Crippen molar-refractivity contribution in [2.24, 2.45) is 5.92 Å². The maximum Gasteiger partial charge on any atom is 0.305 e. The number of carbonyl (C=O) groups excluding carboxylic acids is 2. The molecule has 0 amide bonds. The molecule has 0 bridgehead atoms. The summed E-state index contributed by atoms with van der Waals surface area (Å²) in [5.41, 5.74) is 0. The van der Waals surface area contributed by atoms with Crippen molar-refractivity contribution in [1.82, 2.24) is 0 Å². The fourth-order valence-corrected chi connectivity index (χ4v) is 1.90. The molecule has 3 nitrogen and oxygen atoms in total. The SMILES string of the molecule is CCOC(=O)CCCC[C@H]1C=CC(=O)CC1. The number of rotatable bonds is 6. The Labute approximate surface area is 96.9 Å². The molecule has 0 aromatic rings. The highest BCUT2D eigenvalue weighted by atomic mass is 16.5.